The van der Waals surface area contributed by atoms with Gasteiger partial charge in [-0.3, -0.25) is 0 Å². The third-order valence-corrected chi connectivity index (χ3v) is 5.48. The van der Waals surface area contributed by atoms with Crippen LogP contribution in [0.1, 0.15) is 17.4 Å². The van der Waals surface area contributed by atoms with Gasteiger partial charge in [0.1, 0.15) is 17.7 Å². The molecule has 152 valence electrons. The SMILES string of the molecule is COc1cccc([C@@H]2Cn3nnc(-c4nc(-c5ccc(F)c(Br)c5)no4)c3CO2)c1. The zero-order chi connectivity index (χ0) is 20.7. The zero-order valence-electron chi connectivity index (χ0n) is 15.7. The molecule has 5 rings (SSSR count). The van der Waals surface area contributed by atoms with E-state index in [1.54, 1.807) is 23.9 Å². The maximum Gasteiger partial charge on any atom is 0.280 e. The second-order valence-electron chi connectivity index (χ2n) is 6.70. The van der Waals surface area contributed by atoms with Crippen LogP contribution in [-0.2, 0) is 17.9 Å². The Hall–Kier alpha value is -3.11. The summed E-state index contributed by atoms with van der Waals surface area (Å²) in [5, 5.41) is 12.4. The molecule has 0 saturated carbocycles. The van der Waals surface area contributed by atoms with E-state index in [0.29, 0.717) is 34.7 Å². The molecule has 0 unspecified atom stereocenters. The molecule has 1 aliphatic heterocycles. The number of aromatic nitrogens is 5. The first kappa shape index (κ1) is 18.9. The minimum Gasteiger partial charge on any atom is -0.497 e. The van der Waals surface area contributed by atoms with Crippen LogP contribution in [0.2, 0.25) is 0 Å². The van der Waals surface area contributed by atoms with E-state index < -0.39 is 0 Å². The van der Waals surface area contributed by atoms with Crippen LogP contribution < -0.4 is 4.74 Å². The molecule has 1 atom stereocenters. The minimum atomic E-state index is -0.363. The fraction of sp³-hybridized carbons (Fsp3) is 0.200. The summed E-state index contributed by atoms with van der Waals surface area (Å²) in [5.41, 5.74) is 2.84. The van der Waals surface area contributed by atoms with Crippen molar-refractivity contribution in [2.24, 2.45) is 0 Å². The molecule has 0 spiro atoms. The molecule has 2 aromatic heterocycles. The lowest BCUT2D eigenvalue weighted by atomic mass is 10.1. The number of methoxy groups -OCH3 is 1. The molecule has 0 saturated heterocycles. The van der Waals surface area contributed by atoms with E-state index in [4.69, 9.17) is 14.0 Å². The van der Waals surface area contributed by atoms with Crippen molar-refractivity contribution in [1.29, 1.82) is 0 Å². The Morgan fingerprint density at radius 1 is 1.23 bits per heavy atom. The first-order valence-corrected chi connectivity index (χ1v) is 9.89. The lowest BCUT2D eigenvalue weighted by Gasteiger charge is -2.24. The maximum atomic E-state index is 13.5. The molecule has 10 heteroatoms. The first-order valence-electron chi connectivity index (χ1n) is 9.10. The Labute approximate surface area is 178 Å². The van der Waals surface area contributed by atoms with Crippen molar-refractivity contribution >= 4 is 15.9 Å². The van der Waals surface area contributed by atoms with E-state index in [0.717, 1.165) is 17.0 Å². The second kappa shape index (κ2) is 7.62. The van der Waals surface area contributed by atoms with Crippen LogP contribution in [0.4, 0.5) is 4.39 Å². The molecule has 3 heterocycles. The maximum absolute atomic E-state index is 13.5. The number of benzene rings is 2. The molecular weight excluding hydrogens is 457 g/mol. The topological polar surface area (TPSA) is 88.1 Å². The molecule has 4 aromatic rings. The fourth-order valence-corrected chi connectivity index (χ4v) is 3.67. The number of fused-ring (bicyclic) bond motifs is 1. The van der Waals surface area contributed by atoms with Gasteiger partial charge in [0.15, 0.2) is 5.69 Å². The number of nitrogens with zero attached hydrogens (tertiary/aromatic N) is 5. The molecular formula is C20H15BrFN5O3. The smallest absolute Gasteiger partial charge is 0.280 e. The van der Waals surface area contributed by atoms with Gasteiger partial charge in [-0.1, -0.05) is 22.5 Å². The normalized spacial score (nSPS) is 15.8. The van der Waals surface area contributed by atoms with Gasteiger partial charge in [-0.25, -0.2) is 9.07 Å². The summed E-state index contributed by atoms with van der Waals surface area (Å²) in [5.74, 6) is 0.970. The van der Waals surface area contributed by atoms with E-state index >= 15 is 0 Å². The standard InChI is InChI=1S/C20H15BrFN5O3/c1-28-13-4-2-3-11(7-13)17-9-27-16(10-29-17)18(24-26-27)20-23-19(25-30-20)12-5-6-15(22)14(21)8-12/h2-8,17H,9-10H2,1H3/t17-/m0/s1. The van der Waals surface area contributed by atoms with Crippen LogP contribution in [0.15, 0.2) is 51.5 Å². The summed E-state index contributed by atoms with van der Waals surface area (Å²) >= 11 is 3.16. The summed E-state index contributed by atoms with van der Waals surface area (Å²) in [7, 11) is 1.63. The van der Waals surface area contributed by atoms with Crippen molar-refractivity contribution in [2.45, 2.75) is 19.3 Å². The van der Waals surface area contributed by atoms with Crippen LogP contribution in [0.25, 0.3) is 23.0 Å². The summed E-state index contributed by atoms with van der Waals surface area (Å²) in [6, 6.07) is 12.2. The first-order chi connectivity index (χ1) is 14.6. The van der Waals surface area contributed by atoms with Gasteiger partial charge >= 0.3 is 0 Å². The summed E-state index contributed by atoms with van der Waals surface area (Å²) in [6.45, 7) is 0.797. The van der Waals surface area contributed by atoms with E-state index in [9.17, 15) is 4.39 Å². The Kier molecular flexibility index (Phi) is 4.80. The van der Waals surface area contributed by atoms with Crippen LogP contribution in [0.5, 0.6) is 5.75 Å². The molecule has 0 radical (unpaired) electrons. The zero-order valence-corrected chi connectivity index (χ0v) is 17.3. The highest BCUT2D eigenvalue weighted by Gasteiger charge is 2.28. The van der Waals surface area contributed by atoms with Crippen molar-refractivity contribution in [3.05, 3.63) is 64.0 Å². The van der Waals surface area contributed by atoms with Crippen LogP contribution in [0, 0.1) is 5.82 Å². The van der Waals surface area contributed by atoms with Gasteiger partial charge in [0.25, 0.3) is 5.89 Å². The molecule has 0 amide bonds. The highest BCUT2D eigenvalue weighted by molar-refractivity contribution is 9.10. The van der Waals surface area contributed by atoms with Crippen molar-refractivity contribution in [1.82, 2.24) is 25.1 Å². The number of hydrogen-bond donors (Lipinski definition) is 0. The van der Waals surface area contributed by atoms with Gasteiger partial charge in [0.2, 0.25) is 5.82 Å². The lowest BCUT2D eigenvalue weighted by Crippen LogP contribution is -2.22. The van der Waals surface area contributed by atoms with E-state index in [-0.39, 0.29) is 17.8 Å². The second-order valence-corrected chi connectivity index (χ2v) is 7.55. The molecule has 30 heavy (non-hydrogen) atoms. The van der Waals surface area contributed by atoms with Crippen LogP contribution in [-0.4, -0.2) is 32.2 Å². The minimum absolute atomic E-state index is 0.169. The van der Waals surface area contributed by atoms with Gasteiger partial charge in [0, 0.05) is 5.56 Å². The molecule has 2 aromatic carbocycles. The number of hydrogen-bond acceptors (Lipinski definition) is 7. The quantitative estimate of drug-likeness (QED) is 0.441. The summed E-state index contributed by atoms with van der Waals surface area (Å²) in [4.78, 5) is 4.39. The van der Waals surface area contributed by atoms with Gasteiger partial charge in [-0.2, -0.15) is 4.98 Å². The van der Waals surface area contributed by atoms with Gasteiger partial charge in [-0.15, -0.1) is 5.10 Å². The van der Waals surface area contributed by atoms with E-state index in [1.165, 1.54) is 6.07 Å². The highest BCUT2D eigenvalue weighted by atomic mass is 79.9. The number of ether oxygens (including phenoxy) is 2. The lowest BCUT2D eigenvalue weighted by molar-refractivity contribution is -0.00127. The van der Waals surface area contributed by atoms with Crippen molar-refractivity contribution in [3.63, 3.8) is 0 Å². The molecule has 1 aliphatic rings. The van der Waals surface area contributed by atoms with Gasteiger partial charge in [-0.05, 0) is 51.8 Å². The number of rotatable bonds is 4. The third-order valence-electron chi connectivity index (χ3n) is 4.87. The van der Waals surface area contributed by atoms with E-state index in [2.05, 4.69) is 36.4 Å². The Bertz CT molecular complexity index is 1220. The van der Waals surface area contributed by atoms with Gasteiger partial charge < -0.3 is 14.0 Å². The Balaban J connectivity index is 1.41. The van der Waals surface area contributed by atoms with Crippen molar-refractivity contribution in [3.8, 4) is 28.7 Å². The predicted octanol–water partition coefficient (Wildman–Crippen LogP) is 4.18. The summed E-state index contributed by atoms with van der Waals surface area (Å²) < 4.78 is 32.3. The van der Waals surface area contributed by atoms with E-state index in [1.807, 2.05) is 24.3 Å². The Morgan fingerprint density at radius 3 is 2.97 bits per heavy atom. The monoisotopic (exact) mass is 471 g/mol. The van der Waals surface area contributed by atoms with Gasteiger partial charge in [0.05, 0.1) is 30.4 Å². The average Bonchev–Trinajstić information content (AvgIpc) is 3.42. The third kappa shape index (κ3) is 3.37. The van der Waals surface area contributed by atoms with Crippen molar-refractivity contribution < 1.29 is 18.4 Å². The molecule has 8 nitrogen and oxygen atoms in total. The van der Waals surface area contributed by atoms with Crippen LogP contribution in [0.3, 0.4) is 0 Å². The highest BCUT2D eigenvalue weighted by Crippen LogP contribution is 2.32. The molecule has 0 aliphatic carbocycles. The predicted molar refractivity (Wildman–Crippen MR) is 107 cm³/mol. The molecule has 0 fully saturated rings. The molecule has 0 N–H and O–H groups in total. The van der Waals surface area contributed by atoms with Crippen LogP contribution >= 0.6 is 15.9 Å². The number of halogens is 2. The van der Waals surface area contributed by atoms with Crippen molar-refractivity contribution in [2.75, 3.05) is 7.11 Å². The average molecular weight is 472 g/mol. The largest absolute Gasteiger partial charge is 0.497 e. The molecule has 0 bridgehead atoms. The fourth-order valence-electron chi connectivity index (χ4n) is 3.29. The Morgan fingerprint density at radius 2 is 2.13 bits per heavy atom. The summed E-state index contributed by atoms with van der Waals surface area (Å²) in [6.07, 6.45) is -0.169.